The number of halogens is 1. The number of oxazole rings is 1. The summed E-state index contributed by atoms with van der Waals surface area (Å²) in [6, 6.07) is 4.93. The Morgan fingerprint density at radius 1 is 1.55 bits per heavy atom. The van der Waals surface area contributed by atoms with Crippen LogP contribution in [-0.2, 0) is 4.79 Å². The number of aromatic nitrogens is 1. The molecule has 0 aliphatic rings. The van der Waals surface area contributed by atoms with E-state index >= 15 is 0 Å². The Kier molecular flexibility index (Phi) is 4.57. The molecule has 0 radical (unpaired) electrons. The summed E-state index contributed by atoms with van der Waals surface area (Å²) in [6.45, 7) is 3.59. The SMILES string of the molecule is Cc1coc(SC(C)C(=O)Nc2cc(Cl)ccc2N)n1. The van der Waals surface area contributed by atoms with E-state index in [1.807, 2.05) is 6.92 Å². The number of anilines is 2. The van der Waals surface area contributed by atoms with Gasteiger partial charge in [0, 0.05) is 5.02 Å². The van der Waals surface area contributed by atoms with Crippen molar-refractivity contribution in [3.63, 3.8) is 0 Å². The largest absolute Gasteiger partial charge is 0.440 e. The van der Waals surface area contributed by atoms with Gasteiger partial charge < -0.3 is 15.5 Å². The Morgan fingerprint density at radius 2 is 2.30 bits per heavy atom. The van der Waals surface area contributed by atoms with Crippen molar-refractivity contribution < 1.29 is 9.21 Å². The molecule has 106 valence electrons. The summed E-state index contributed by atoms with van der Waals surface area (Å²) in [4.78, 5) is 16.2. The first-order chi connectivity index (χ1) is 9.45. The normalized spacial score (nSPS) is 12.2. The summed E-state index contributed by atoms with van der Waals surface area (Å²) < 4.78 is 5.20. The van der Waals surface area contributed by atoms with Gasteiger partial charge in [0.15, 0.2) is 0 Å². The Balaban J connectivity index is 2.02. The lowest BCUT2D eigenvalue weighted by Crippen LogP contribution is -2.23. The molecule has 7 heteroatoms. The molecule has 0 aliphatic heterocycles. The Labute approximate surface area is 125 Å². The minimum absolute atomic E-state index is 0.195. The third-order valence-corrected chi connectivity index (χ3v) is 3.71. The van der Waals surface area contributed by atoms with Crippen LogP contribution in [0.25, 0.3) is 0 Å². The van der Waals surface area contributed by atoms with Crippen LogP contribution in [0.5, 0.6) is 0 Å². The van der Waals surface area contributed by atoms with Crippen LogP contribution < -0.4 is 11.1 Å². The summed E-state index contributed by atoms with van der Waals surface area (Å²) in [5, 5.41) is 3.34. The highest BCUT2D eigenvalue weighted by molar-refractivity contribution is 8.00. The van der Waals surface area contributed by atoms with Crippen molar-refractivity contribution in [3.8, 4) is 0 Å². The number of rotatable bonds is 4. The van der Waals surface area contributed by atoms with Gasteiger partial charge in [-0.1, -0.05) is 23.4 Å². The minimum atomic E-state index is -0.369. The second kappa shape index (κ2) is 6.19. The van der Waals surface area contributed by atoms with E-state index in [2.05, 4.69) is 10.3 Å². The average Bonchev–Trinajstić information content (AvgIpc) is 2.79. The zero-order valence-corrected chi connectivity index (χ0v) is 12.6. The average molecular weight is 312 g/mol. The maximum atomic E-state index is 12.1. The molecule has 0 aliphatic carbocycles. The van der Waals surface area contributed by atoms with Crippen LogP contribution in [0, 0.1) is 6.92 Å². The van der Waals surface area contributed by atoms with Crippen molar-refractivity contribution in [2.75, 3.05) is 11.1 Å². The van der Waals surface area contributed by atoms with E-state index in [-0.39, 0.29) is 11.2 Å². The van der Waals surface area contributed by atoms with Gasteiger partial charge in [0.2, 0.25) is 5.91 Å². The fourth-order valence-corrected chi connectivity index (χ4v) is 2.40. The lowest BCUT2D eigenvalue weighted by atomic mass is 10.2. The van der Waals surface area contributed by atoms with E-state index in [1.165, 1.54) is 11.8 Å². The summed E-state index contributed by atoms with van der Waals surface area (Å²) in [5.41, 5.74) is 7.52. The van der Waals surface area contributed by atoms with Crippen LogP contribution in [0.1, 0.15) is 12.6 Å². The molecule has 3 N–H and O–H groups in total. The third-order valence-electron chi connectivity index (χ3n) is 2.52. The number of nitrogens with two attached hydrogens (primary N) is 1. The second-order valence-corrected chi connectivity index (χ2v) is 5.96. The van der Waals surface area contributed by atoms with Crippen molar-refractivity contribution >= 4 is 40.6 Å². The lowest BCUT2D eigenvalue weighted by molar-refractivity contribution is -0.115. The van der Waals surface area contributed by atoms with E-state index < -0.39 is 0 Å². The molecule has 1 amide bonds. The first-order valence-corrected chi connectivity index (χ1v) is 7.16. The van der Waals surface area contributed by atoms with Gasteiger partial charge in [-0.3, -0.25) is 4.79 Å². The number of benzene rings is 1. The van der Waals surface area contributed by atoms with E-state index in [9.17, 15) is 4.79 Å². The number of amides is 1. The van der Waals surface area contributed by atoms with Crippen LogP contribution in [0.4, 0.5) is 11.4 Å². The van der Waals surface area contributed by atoms with E-state index in [0.717, 1.165) is 5.69 Å². The zero-order valence-electron chi connectivity index (χ0n) is 11.0. The Morgan fingerprint density at radius 3 is 2.95 bits per heavy atom. The maximum absolute atomic E-state index is 12.1. The molecule has 0 bridgehead atoms. The molecule has 5 nitrogen and oxygen atoms in total. The molecule has 2 rings (SSSR count). The number of nitrogens with one attached hydrogen (secondary N) is 1. The fourth-order valence-electron chi connectivity index (χ4n) is 1.46. The highest BCUT2D eigenvalue weighted by Crippen LogP contribution is 2.26. The summed E-state index contributed by atoms with van der Waals surface area (Å²) in [6.07, 6.45) is 1.54. The minimum Gasteiger partial charge on any atom is -0.440 e. The lowest BCUT2D eigenvalue weighted by Gasteiger charge is -2.12. The molecule has 1 aromatic carbocycles. The first kappa shape index (κ1) is 14.7. The summed E-state index contributed by atoms with van der Waals surface area (Å²) in [5.74, 6) is -0.195. The molecular weight excluding hydrogens is 298 g/mol. The number of nitrogens with zero attached hydrogens (tertiary/aromatic N) is 1. The topological polar surface area (TPSA) is 81.2 Å². The monoisotopic (exact) mass is 311 g/mol. The van der Waals surface area contributed by atoms with Gasteiger partial charge >= 0.3 is 0 Å². The molecular formula is C13H14ClN3O2S. The number of thioether (sulfide) groups is 1. The number of hydrogen-bond acceptors (Lipinski definition) is 5. The predicted molar refractivity (Wildman–Crippen MR) is 81.1 cm³/mol. The van der Waals surface area contributed by atoms with Crippen LogP contribution in [0.2, 0.25) is 5.02 Å². The van der Waals surface area contributed by atoms with Gasteiger partial charge in [-0.05, 0) is 32.0 Å². The summed E-state index contributed by atoms with van der Waals surface area (Å²) >= 11 is 7.11. The van der Waals surface area contributed by atoms with Gasteiger partial charge in [0.1, 0.15) is 6.26 Å². The predicted octanol–water partition coefficient (Wildman–Crippen LogP) is 3.34. The van der Waals surface area contributed by atoms with Crippen molar-refractivity contribution in [1.29, 1.82) is 0 Å². The molecule has 0 saturated heterocycles. The van der Waals surface area contributed by atoms with Crippen molar-refractivity contribution in [3.05, 3.63) is 35.2 Å². The summed E-state index contributed by atoms with van der Waals surface area (Å²) in [7, 11) is 0. The maximum Gasteiger partial charge on any atom is 0.256 e. The smallest absolute Gasteiger partial charge is 0.256 e. The molecule has 2 aromatic rings. The molecule has 1 heterocycles. The Bertz CT molecular complexity index is 630. The molecule has 1 aromatic heterocycles. The van der Waals surface area contributed by atoms with Crippen LogP contribution >= 0.6 is 23.4 Å². The molecule has 1 unspecified atom stereocenters. The highest BCUT2D eigenvalue weighted by Gasteiger charge is 2.18. The van der Waals surface area contributed by atoms with Crippen LogP contribution in [0.3, 0.4) is 0 Å². The second-order valence-electron chi connectivity index (χ2n) is 4.24. The van der Waals surface area contributed by atoms with Gasteiger partial charge in [-0.15, -0.1) is 0 Å². The van der Waals surface area contributed by atoms with Gasteiger partial charge in [0.25, 0.3) is 5.22 Å². The first-order valence-electron chi connectivity index (χ1n) is 5.90. The number of hydrogen-bond donors (Lipinski definition) is 2. The van der Waals surface area contributed by atoms with Crippen molar-refractivity contribution in [2.45, 2.75) is 24.3 Å². The van der Waals surface area contributed by atoms with Crippen LogP contribution in [-0.4, -0.2) is 16.1 Å². The quantitative estimate of drug-likeness (QED) is 0.668. The molecule has 1 atom stereocenters. The van der Waals surface area contributed by atoms with E-state index in [0.29, 0.717) is 21.6 Å². The van der Waals surface area contributed by atoms with Crippen molar-refractivity contribution in [2.24, 2.45) is 0 Å². The zero-order chi connectivity index (χ0) is 14.7. The van der Waals surface area contributed by atoms with Crippen LogP contribution in [0.15, 0.2) is 34.1 Å². The van der Waals surface area contributed by atoms with E-state index in [1.54, 1.807) is 31.4 Å². The fraction of sp³-hybridized carbons (Fsp3) is 0.231. The highest BCUT2D eigenvalue weighted by atomic mass is 35.5. The third kappa shape index (κ3) is 3.68. The number of carbonyl (C=O) groups excluding carboxylic acids is 1. The van der Waals surface area contributed by atoms with Gasteiger partial charge in [-0.2, -0.15) is 0 Å². The molecule has 0 fully saturated rings. The molecule has 0 saturated carbocycles. The van der Waals surface area contributed by atoms with Gasteiger partial charge in [-0.25, -0.2) is 4.98 Å². The molecule has 20 heavy (non-hydrogen) atoms. The number of aryl methyl sites for hydroxylation is 1. The van der Waals surface area contributed by atoms with Gasteiger partial charge in [0.05, 0.1) is 22.3 Å². The molecule has 0 spiro atoms. The number of nitrogen functional groups attached to an aromatic ring is 1. The standard InChI is InChI=1S/C13H14ClN3O2S/c1-7-6-19-13(16-7)20-8(2)12(18)17-11-5-9(14)3-4-10(11)15/h3-6,8H,15H2,1-2H3,(H,17,18). The van der Waals surface area contributed by atoms with Crippen molar-refractivity contribution in [1.82, 2.24) is 4.98 Å². The van der Waals surface area contributed by atoms with E-state index in [4.69, 9.17) is 21.8 Å². The Hall–Kier alpha value is -1.66. The number of carbonyl (C=O) groups is 1.